The molecular weight excluding hydrogens is 328 g/mol. The van der Waals surface area contributed by atoms with Crippen molar-refractivity contribution < 1.29 is 0 Å². The molecule has 114 valence electrons. The number of nitrogens with one attached hydrogen (secondary N) is 1. The SMILES string of the molecule is CCc1nn(CC)c(CC(NN)c2cccc(C)c2)c1Br. The van der Waals surface area contributed by atoms with Crippen molar-refractivity contribution in [3.63, 3.8) is 0 Å². The minimum Gasteiger partial charge on any atom is -0.271 e. The molecule has 1 aromatic carbocycles. The molecule has 21 heavy (non-hydrogen) atoms. The zero-order valence-corrected chi connectivity index (χ0v) is 14.4. The largest absolute Gasteiger partial charge is 0.271 e. The predicted molar refractivity (Wildman–Crippen MR) is 89.9 cm³/mol. The summed E-state index contributed by atoms with van der Waals surface area (Å²) in [5.74, 6) is 5.79. The fourth-order valence-electron chi connectivity index (χ4n) is 2.57. The zero-order chi connectivity index (χ0) is 15.4. The first-order chi connectivity index (χ1) is 10.1. The van der Waals surface area contributed by atoms with Crippen molar-refractivity contribution in [1.29, 1.82) is 0 Å². The number of halogens is 1. The Morgan fingerprint density at radius 2 is 2.14 bits per heavy atom. The van der Waals surface area contributed by atoms with E-state index in [9.17, 15) is 0 Å². The van der Waals surface area contributed by atoms with E-state index in [4.69, 9.17) is 5.84 Å². The van der Waals surface area contributed by atoms with Gasteiger partial charge in [-0.3, -0.25) is 16.0 Å². The maximum absolute atomic E-state index is 5.79. The van der Waals surface area contributed by atoms with Crippen LogP contribution in [0, 0.1) is 6.92 Å². The van der Waals surface area contributed by atoms with Crippen LogP contribution < -0.4 is 11.3 Å². The quantitative estimate of drug-likeness (QED) is 0.620. The van der Waals surface area contributed by atoms with Gasteiger partial charge in [-0.2, -0.15) is 5.10 Å². The molecule has 0 amide bonds. The van der Waals surface area contributed by atoms with Crippen LogP contribution in [0.15, 0.2) is 28.7 Å². The molecule has 0 spiro atoms. The summed E-state index contributed by atoms with van der Waals surface area (Å²) in [6.45, 7) is 7.19. The maximum Gasteiger partial charge on any atom is 0.0766 e. The number of aromatic nitrogens is 2. The molecule has 1 aromatic heterocycles. The van der Waals surface area contributed by atoms with Gasteiger partial charge >= 0.3 is 0 Å². The van der Waals surface area contributed by atoms with Gasteiger partial charge in [0.1, 0.15) is 0 Å². The Labute approximate surface area is 134 Å². The summed E-state index contributed by atoms with van der Waals surface area (Å²) >= 11 is 3.70. The third-order valence-corrected chi connectivity index (χ3v) is 4.65. The number of hydrogen-bond donors (Lipinski definition) is 2. The van der Waals surface area contributed by atoms with Crippen molar-refractivity contribution in [1.82, 2.24) is 15.2 Å². The predicted octanol–water partition coefficient (Wildman–Crippen LogP) is 3.28. The molecule has 0 aliphatic rings. The normalized spacial score (nSPS) is 12.6. The highest BCUT2D eigenvalue weighted by Gasteiger charge is 2.19. The summed E-state index contributed by atoms with van der Waals surface area (Å²) < 4.78 is 3.17. The van der Waals surface area contributed by atoms with Crippen molar-refractivity contribution in [2.45, 2.75) is 46.2 Å². The van der Waals surface area contributed by atoms with E-state index in [1.54, 1.807) is 0 Å². The van der Waals surface area contributed by atoms with Gasteiger partial charge in [0.2, 0.25) is 0 Å². The summed E-state index contributed by atoms with van der Waals surface area (Å²) in [6.07, 6.45) is 1.73. The van der Waals surface area contributed by atoms with Crippen LogP contribution >= 0.6 is 15.9 Å². The van der Waals surface area contributed by atoms with Crippen molar-refractivity contribution >= 4 is 15.9 Å². The van der Waals surface area contributed by atoms with Crippen LogP contribution in [0.1, 0.15) is 42.4 Å². The summed E-state index contributed by atoms with van der Waals surface area (Å²) in [5.41, 5.74) is 7.68. The molecule has 5 heteroatoms. The van der Waals surface area contributed by atoms with Crippen LogP contribution in [0.25, 0.3) is 0 Å². The first kappa shape index (κ1) is 16.2. The van der Waals surface area contributed by atoms with Gasteiger partial charge < -0.3 is 0 Å². The van der Waals surface area contributed by atoms with Gasteiger partial charge in [0.15, 0.2) is 0 Å². The molecule has 4 nitrogen and oxygen atoms in total. The molecule has 0 bridgehead atoms. The fourth-order valence-corrected chi connectivity index (χ4v) is 3.29. The van der Waals surface area contributed by atoms with Gasteiger partial charge in [0.05, 0.1) is 21.9 Å². The second-order valence-electron chi connectivity index (χ2n) is 5.21. The third-order valence-electron chi connectivity index (χ3n) is 3.74. The Bertz CT molecular complexity index is 606. The molecule has 0 fully saturated rings. The Morgan fingerprint density at radius 1 is 1.38 bits per heavy atom. The first-order valence-corrected chi connectivity index (χ1v) is 8.16. The molecule has 1 atom stereocenters. The number of nitrogens with two attached hydrogens (primary N) is 1. The van der Waals surface area contributed by atoms with Gasteiger partial charge in [-0.25, -0.2) is 0 Å². The lowest BCUT2D eigenvalue weighted by atomic mass is 10.0. The molecular formula is C16H23BrN4. The molecule has 0 aliphatic carbocycles. The third kappa shape index (κ3) is 3.54. The van der Waals surface area contributed by atoms with E-state index < -0.39 is 0 Å². The van der Waals surface area contributed by atoms with Crippen LogP contribution in [0.5, 0.6) is 0 Å². The van der Waals surface area contributed by atoms with E-state index >= 15 is 0 Å². The van der Waals surface area contributed by atoms with E-state index in [0.29, 0.717) is 0 Å². The monoisotopic (exact) mass is 350 g/mol. The number of hydrazine groups is 1. The topological polar surface area (TPSA) is 55.9 Å². The number of hydrogen-bond acceptors (Lipinski definition) is 3. The summed E-state index contributed by atoms with van der Waals surface area (Å²) in [5, 5.41) is 4.65. The molecule has 2 rings (SSSR count). The Kier molecular flexibility index (Phi) is 5.56. The smallest absolute Gasteiger partial charge is 0.0766 e. The molecule has 2 aromatic rings. The second-order valence-corrected chi connectivity index (χ2v) is 6.01. The van der Waals surface area contributed by atoms with Crippen LogP contribution in [-0.2, 0) is 19.4 Å². The highest BCUT2D eigenvalue weighted by Crippen LogP contribution is 2.27. The van der Waals surface area contributed by atoms with Gasteiger partial charge in [-0.1, -0.05) is 36.8 Å². The summed E-state index contributed by atoms with van der Waals surface area (Å²) in [6, 6.07) is 8.52. The first-order valence-electron chi connectivity index (χ1n) is 7.37. The number of rotatable bonds is 6. The van der Waals surface area contributed by atoms with Gasteiger partial charge in [-0.05, 0) is 41.8 Å². The van der Waals surface area contributed by atoms with Crippen molar-refractivity contribution in [3.05, 3.63) is 51.3 Å². The number of benzene rings is 1. The minimum atomic E-state index is 0.0768. The molecule has 0 radical (unpaired) electrons. The van der Waals surface area contributed by atoms with Gasteiger partial charge in [0.25, 0.3) is 0 Å². The average Bonchev–Trinajstić information content (AvgIpc) is 2.80. The van der Waals surface area contributed by atoms with Gasteiger partial charge in [-0.15, -0.1) is 0 Å². The van der Waals surface area contributed by atoms with Crippen LogP contribution in [0.4, 0.5) is 0 Å². The second kappa shape index (κ2) is 7.20. The molecule has 0 saturated carbocycles. The maximum atomic E-state index is 5.79. The lowest BCUT2D eigenvalue weighted by Crippen LogP contribution is -2.30. The number of aryl methyl sites for hydroxylation is 3. The molecule has 0 saturated heterocycles. The molecule has 0 aliphatic heterocycles. The van der Waals surface area contributed by atoms with Crippen molar-refractivity contribution in [3.8, 4) is 0 Å². The van der Waals surface area contributed by atoms with Crippen LogP contribution in [-0.4, -0.2) is 9.78 Å². The van der Waals surface area contributed by atoms with E-state index in [1.165, 1.54) is 16.8 Å². The Hall–Kier alpha value is -1.17. The average molecular weight is 351 g/mol. The van der Waals surface area contributed by atoms with E-state index in [1.807, 2.05) is 0 Å². The van der Waals surface area contributed by atoms with Gasteiger partial charge in [0, 0.05) is 13.0 Å². The fraction of sp³-hybridized carbons (Fsp3) is 0.438. The van der Waals surface area contributed by atoms with Crippen molar-refractivity contribution in [2.75, 3.05) is 0 Å². The molecule has 3 N–H and O–H groups in total. The summed E-state index contributed by atoms with van der Waals surface area (Å²) in [4.78, 5) is 0. The highest BCUT2D eigenvalue weighted by atomic mass is 79.9. The minimum absolute atomic E-state index is 0.0768. The standard InChI is InChI=1S/C16H23BrN4/c1-4-13-16(17)15(21(5-2)20-13)10-14(19-18)12-8-6-7-11(3)9-12/h6-9,14,19H,4-5,10,18H2,1-3H3. The van der Waals surface area contributed by atoms with E-state index in [0.717, 1.165) is 29.6 Å². The lowest BCUT2D eigenvalue weighted by molar-refractivity contribution is 0.515. The van der Waals surface area contributed by atoms with Crippen LogP contribution in [0.2, 0.25) is 0 Å². The van der Waals surface area contributed by atoms with Crippen LogP contribution in [0.3, 0.4) is 0 Å². The van der Waals surface area contributed by atoms with E-state index in [2.05, 4.69) is 76.2 Å². The Balaban J connectivity index is 2.32. The highest BCUT2D eigenvalue weighted by molar-refractivity contribution is 9.10. The molecule has 1 unspecified atom stereocenters. The zero-order valence-electron chi connectivity index (χ0n) is 12.9. The van der Waals surface area contributed by atoms with Crippen molar-refractivity contribution in [2.24, 2.45) is 5.84 Å². The molecule has 1 heterocycles. The Morgan fingerprint density at radius 3 is 2.71 bits per heavy atom. The summed E-state index contributed by atoms with van der Waals surface area (Å²) in [7, 11) is 0. The number of nitrogens with zero attached hydrogens (tertiary/aromatic N) is 2. The van der Waals surface area contributed by atoms with E-state index in [-0.39, 0.29) is 6.04 Å². The lowest BCUT2D eigenvalue weighted by Gasteiger charge is -2.18.